The minimum absolute atomic E-state index is 0.101. The monoisotopic (exact) mass is 354 g/mol. The molecule has 0 aliphatic heterocycles. The number of aliphatic carboxylic acids is 1. The second kappa shape index (κ2) is 11.2. The summed E-state index contributed by atoms with van der Waals surface area (Å²) in [5.74, 6) is -0.0909. The zero-order chi connectivity index (χ0) is 18.9. The fraction of sp³-hybridized carbons (Fsp3) is 0.955. The van der Waals surface area contributed by atoms with Crippen LogP contribution in [0.1, 0.15) is 105 Å². The molecule has 0 aromatic rings. The topological polar surface area (TPSA) is 57.5 Å². The van der Waals surface area contributed by atoms with Crippen LogP contribution < -0.4 is 0 Å². The Morgan fingerprint density at radius 3 is 2.16 bits per heavy atom. The van der Waals surface area contributed by atoms with Crippen molar-refractivity contribution in [2.24, 2.45) is 23.7 Å². The van der Waals surface area contributed by atoms with E-state index in [1.165, 1.54) is 38.5 Å². The average Bonchev–Trinajstić information content (AvgIpc) is 2.53. The third-order valence-electron chi connectivity index (χ3n) is 6.49. The second-order valence-corrected chi connectivity index (χ2v) is 8.95. The van der Waals surface area contributed by atoms with Crippen molar-refractivity contribution in [1.29, 1.82) is 0 Å². The largest absolute Gasteiger partial charge is 0.481 e. The van der Waals surface area contributed by atoms with Crippen molar-refractivity contribution in [2.45, 2.75) is 110 Å². The molecule has 1 aliphatic carbocycles. The van der Waals surface area contributed by atoms with Gasteiger partial charge in [-0.1, -0.05) is 72.1 Å². The summed E-state index contributed by atoms with van der Waals surface area (Å²) in [6.07, 6.45) is 13.2. The van der Waals surface area contributed by atoms with Gasteiger partial charge in [0.1, 0.15) is 0 Å². The van der Waals surface area contributed by atoms with Gasteiger partial charge in [0, 0.05) is 5.92 Å². The van der Waals surface area contributed by atoms with Gasteiger partial charge in [-0.3, -0.25) is 4.79 Å². The van der Waals surface area contributed by atoms with Crippen molar-refractivity contribution in [3.63, 3.8) is 0 Å². The van der Waals surface area contributed by atoms with Crippen LogP contribution in [-0.2, 0) is 4.79 Å². The van der Waals surface area contributed by atoms with Crippen molar-refractivity contribution >= 4 is 5.97 Å². The number of rotatable bonds is 12. The van der Waals surface area contributed by atoms with E-state index < -0.39 is 17.5 Å². The van der Waals surface area contributed by atoms with E-state index in [1.54, 1.807) is 0 Å². The minimum atomic E-state index is -0.825. The molecule has 0 aromatic carbocycles. The Morgan fingerprint density at radius 1 is 1.08 bits per heavy atom. The Hall–Kier alpha value is -0.570. The van der Waals surface area contributed by atoms with E-state index in [0.717, 1.165) is 38.5 Å². The highest BCUT2D eigenvalue weighted by Gasteiger charge is 2.45. The lowest BCUT2D eigenvalue weighted by molar-refractivity contribution is -0.153. The molecule has 0 amide bonds. The fourth-order valence-corrected chi connectivity index (χ4v) is 4.56. The normalized spacial score (nSPS) is 28.2. The smallest absolute Gasteiger partial charge is 0.306 e. The molecule has 0 bridgehead atoms. The van der Waals surface area contributed by atoms with E-state index in [9.17, 15) is 15.0 Å². The molecule has 0 aromatic heterocycles. The summed E-state index contributed by atoms with van der Waals surface area (Å²) in [4.78, 5) is 11.9. The third-order valence-corrected chi connectivity index (χ3v) is 6.49. The van der Waals surface area contributed by atoms with Gasteiger partial charge in [-0.15, -0.1) is 0 Å². The molecular weight excluding hydrogens is 312 g/mol. The second-order valence-electron chi connectivity index (χ2n) is 8.95. The first kappa shape index (κ1) is 22.5. The maximum absolute atomic E-state index is 11.9. The lowest BCUT2D eigenvalue weighted by Crippen LogP contribution is -2.47. The number of hydrogen-bond donors (Lipinski definition) is 2. The number of carboxylic acids is 1. The molecule has 0 radical (unpaired) electrons. The molecule has 0 heterocycles. The summed E-state index contributed by atoms with van der Waals surface area (Å²) in [7, 11) is 0. The Labute approximate surface area is 155 Å². The maximum Gasteiger partial charge on any atom is 0.306 e. The van der Waals surface area contributed by atoms with Gasteiger partial charge in [0.2, 0.25) is 0 Å². The van der Waals surface area contributed by atoms with E-state index in [-0.39, 0.29) is 5.92 Å². The van der Waals surface area contributed by atoms with Crippen LogP contribution in [0.25, 0.3) is 0 Å². The first-order chi connectivity index (χ1) is 11.8. The summed E-state index contributed by atoms with van der Waals surface area (Å²) >= 11 is 0. The highest BCUT2D eigenvalue weighted by Crippen LogP contribution is 2.44. The first-order valence-electron chi connectivity index (χ1n) is 10.7. The maximum atomic E-state index is 11.9. The van der Waals surface area contributed by atoms with Crippen LogP contribution in [0.2, 0.25) is 0 Å². The van der Waals surface area contributed by atoms with Gasteiger partial charge in [0.15, 0.2) is 0 Å². The molecule has 1 rings (SSSR count). The van der Waals surface area contributed by atoms with E-state index in [1.807, 2.05) is 6.92 Å². The van der Waals surface area contributed by atoms with E-state index in [2.05, 4.69) is 20.8 Å². The van der Waals surface area contributed by atoms with Crippen molar-refractivity contribution in [3.8, 4) is 0 Å². The number of carboxylic acid groups (broad SMARTS) is 1. The molecule has 0 spiro atoms. The zero-order valence-electron chi connectivity index (χ0n) is 17.1. The fourth-order valence-electron chi connectivity index (χ4n) is 4.56. The minimum Gasteiger partial charge on any atom is -0.481 e. The van der Waals surface area contributed by atoms with E-state index in [0.29, 0.717) is 11.8 Å². The molecule has 1 fully saturated rings. The molecule has 3 nitrogen and oxygen atoms in total. The highest BCUT2D eigenvalue weighted by atomic mass is 16.4. The Bertz CT molecular complexity index is 375. The van der Waals surface area contributed by atoms with Crippen LogP contribution in [0.3, 0.4) is 0 Å². The Kier molecular flexibility index (Phi) is 10.1. The van der Waals surface area contributed by atoms with Gasteiger partial charge in [0.25, 0.3) is 0 Å². The van der Waals surface area contributed by atoms with Gasteiger partial charge < -0.3 is 10.2 Å². The van der Waals surface area contributed by atoms with Crippen LogP contribution in [0.4, 0.5) is 0 Å². The van der Waals surface area contributed by atoms with Crippen molar-refractivity contribution < 1.29 is 15.0 Å². The van der Waals surface area contributed by atoms with Crippen LogP contribution >= 0.6 is 0 Å². The van der Waals surface area contributed by atoms with Gasteiger partial charge >= 0.3 is 5.97 Å². The summed E-state index contributed by atoms with van der Waals surface area (Å²) in [5.41, 5.74) is -0.825. The van der Waals surface area contributed by atoms with Gasteiger partial charge in [-0.2, -0.15) is 0 Å². The van der Waals surface area contributed by atoms with Crippen LogP contribution in [0.15, 0.2) is 0 Å². The summed E-state index contributed by atoms with van der Waals surface area (Å²) in [5, 5.41) is 20.6. The first-order valence-corrected chi connectivity index (χ1v) is 10.7. The molecule has 4 atom stereocenters. The van der Waals surface area contributed by atoms with Crippen LogP contribution in [-0.4, -0.2) is 21.8 Å². The molecule has 3 heteroatoms. The zero-order valence-corrected chi connectivity index (χ0v) is 17.1. The predicted molar refractivity (Wildman–Crippen MR) is 105 cm³/mol. The molecule has 0 saturated heterocycles. The van der Waals surface area contributed by atoms with Crippen molar-refractivity contribution in [1.82, 2.24) is 0 Å². The molecular formula is C22H42O3. The van der Waals surface area contributed by atoms with Gasteiger partial charge in [-0.25, -0.2) is 0 Å². The van der Waals surface area contributed by atoms with Crippen molar-refractivity contribution in [2.75, 3.05) is 0 Å². The number of carbonyl (C=O) groups is 1. The number of unbranched alkanes of at least 4 members (excludes halogenated alkanes) is 7. The van der Waals surface area contributed by atoms with E-state index in [4.69, 9.17) is 0 Å². The Morgan fingerprint density at radius 2 is 1.64 bits per heavy atom. The lowest BCUT2D eigenvalue weighted by Gasteiger charge is -2.44. The SMILES string of the molecule is CCCCCCCCCCC(C(=O)O)C1CC(C(C)C)CCC1(C)O. The van der Waals surface area contributed by atoms with Gasteiger partial charge in [-0.05, 0) is 44.4 Å². The summed E-state index contributed by atoms with van der Waals surface area (Å²) < 4.78 is 0. The average molecular weight is 355 g/mol. The number of aliphatic hydroxyl groups is 1. The molecule has 1 saturated carbocycles. The van der Waals surface area contributed by atoms with E-state index >= 15 is 0 Å². The molecule has 4 unspecified atom stereocenters. The number of hydrogen-bond acceptors (Lipinski definition) is 2. The molecule has 25 heavy (non-hydrogen) atoms. The third kappa shape index (κ3) is 7.68. The molecule has 2 N–H and O–H groups in total. The summed E-state index contributed by atoms with van der Waals surface area (Å²) in [6.45, 7) is 8.53. The lowest BCUT2D eigenvalue weighted by atomic mass is 9.63. The van der Waals surface area contributed by atoms with Crippen LogP contribution in [0, 0.1) is 23.7 Å². The van der Waals surface area contributed by atoms with Gasteiger partial charge in [0.05, 0.1) is 11.5 Å². The van der Waals surface area contributed by atoms with Crippen molar-refractivity contribution in [3.05, 3.63) is 0 Å². The predicted octanol–water partition coefficient (Wildman–Crippen LogP) is 6.04. The molecule has 148 valence electrons. The molecule has 1 aliphatic rings. The highest BCUT2D eigenvalue weighted by molar-refractivity contribution is 5.70. The summed E-state index contributed by atoms with van der Waals surface area (Å²) in [6, 6.07) is 0. The quantitative estimate of drug-likeness (QED) is 0.420. The van der Waals surface area contributed by atoms with Crippen LogP contribution in [0.5, 0.6) is 0 Å². The standard InChI is InChI=1S/C22H42O3/c1-5-6-7-8-9-10-11-12-13-19(21(23)24)20-16-18(17(2)3)14-15-22(20,4)25/h17-20,25H,5-16H2,1-4H3,(H,23,24). The Balaban J connectivity index is 2.47.